The number of aromatic nitrogens is 1. The number of rotatable bonds is 3. The molecule has 108 valence electrons. The molecule has 0 radical (unpaired) electrons. The first-order chi connectivity index (χ1) is 10.1. The third kappa shape index (κ3) is 2.76. The Morgan fingerprint density at radius 2 is 2.05 bits per heavy atom. The Bertz CT molecular complexity index is 801. The van der Waals surface area contributed by atoms with Gasteiger partial charge in [-0.05, 0) is 31.2 Å². The molecule has 0 bridgehead atoms. The van der Waals surface area contributed by atoms with E-state index in [1.807, 2.05) is 31.2 Å². The van der Waals surface area contributed by atoms with Gasteiger partial charge in [-0.3, -0.25) is 10.8 Å². The standard InChI is InChI=1S/C15H13Cl2N3O/c1-8-2-3-12-9(4-8)5-13(21-12)15(20-18)14-11(17)6-10(16)7-19-14/h2-7,15,20H,18H2,1H3. The van der Waals surface area contributed by atoms with Crippen molar-refractivity contribution in [1.29, 1.82) is 0 Å². The minimum atomic E-state index is -0.442. The van der Waals surface area contributed by atoms with Gasteiger partial charge in [-0.15, -0.1) is 0 Å². The normalized spacial score (nSPS) is 12.8. The van der Waals surface area contributed by atoms with Crippen LogP contribution >= 0.6 is 23.2 Å². The molecule has 0 saturated heterocycles. The van der Waals surface area contributed by atoms with Crippen molar-refractivity contribution in [2.24, 2.45) is 5.84 Å². The highest BCUT2D eigenvalue weighted by molar-refractivity contribution is 6.34. The largest absolute Gasteiger partial charge is 0.459 e. The summed E-state index contributed by atoms with van der Waals surface area (Å²) in [7, 11) is 0. The summed E-state index contributed by atoms with van der Waals surface area (Å²) in [6, 6.07) is 9.09. The molecule has 2 aromatic heterocycles. The molecular formula is C15H13Cl2N3O. The summed E-state index contributed by atoms with van der Waals surface area (Å²) in [6.07, 6.45) is 1.53. The summed E-state index contributed by atoms with van der Waals surface area (Å²) in [6.45, 7) is 2.03. The van der Waals surface area contributed by atoms with Gasteiger partial charge in [0.15, 0.2) is 0 Å². The van der Waals surface area contributed by atoms with Crippen LogP contribution in [0.25, 0.3) is 11.0 Å². The van der Waals surface area contributed by atoms with E-state index in [0.29, 0.717) is 21.5 Å². The lowest BCUT2D eigenvalue weighted by Gasteiger charge is -2.14. The van der Waals surface area contributed by atoms with Crippen LogP contribution in [0.15, 0.2) is 40.9 Å². The number of halogens is 2. The van der Waals surface area contributed by atoms with Crippen molar-refractivity contribution >= 4 is 34.2 Å². The van der Waals surface area contributed by atoms with Crippen LogP contribution in [0.1, 0.15) is 23.1 Å². The number of nitrogens with one attached hydrogen (secondary N) is 1. The molecule has 0 aliphatic carbocycles. The maximum Gasteiger partial charge on any atom is 0.134 e. The van der Waals surface area contributed by atoms with Crippen LogP contribution in [0.2, 0.25) is 10.0 Å². The SMILES string of the molecule is Cc1ccc2oc(C(NN)c3ncc(Cl)cc3Cl)cc2c1. The monoisotopic (exact) mass is 321 g/mol. The average molecular weight is 322 g/mol. The van der Waals surface area contributed by atoms with Crippen LogP contribution in [0.5, 0.6) is 0 Å². The molecule has 0 aliphatic heterocycles. The second kappa shape index (κ2) is 5.66. The van der Waals surface area contributed by atoms with E-state index in [0.717, 1.165) is 16.5 Å². The smallest absolute Gasteiger partial charge is 0.134 e. The molecule has 4 nitrogen and oxygen atoms in total. The molecule has 0 saturated carbocycles. The van der Waals surface area contributed by atoms with E-state index in [2.05, 4.69) is 10.4 Å². The summed E-state index contributed by atoms with van der Waals surface area (Å²) >= 11 is 12.1. The third-order valence-electron chi connectivity index (χ3n) is 3.25. The van der Waals surface area contributed by atoms with E-state index in [1.54, 1.807) is 6.07 Å². The van der Waals surface area contributed by atoms with Crippen LogP contribution in [-0.4, -0.2) is 4.98 Å². The van der Waals surface area contributed by atoms with Gasteiger partial charge < -0.3 is 4.42 Å². The molecule has 1 unspecified atom stereocenters. The number of furan rings is 1. The van der Waals surface area contributed by atoms with Gasteiger partial charge in [0, 0.05) is 11.6 Å². The number of nitrogens with two attached hydrogens (primary N) is 1. The Morgan fingerprint density at radius 3 is 2.76 bits per heavy atom. The Morgan fingerprint density at radius 1 is 1.24 bits per heavy atom. The predicted octanol–water partition coefficient (Wildman–Crippen LogP) is 4.00. The first-order valence-electron chi connectivity index (χ1n) is 6.35. The van der Waals surface area contributed by atoms with Crippen molar-refractivity contribution in [3.05, 3.63) is 63.6 Å². The van der Waals surface area contributed by atoms with Gasteiger partial charge in [-0.2, -0.15) is 0 Å². The van der Waals surface area contributed by atoms with Crippen molar-refractivity contribution in [2.45, 2.75) is 13.0 Å². The zero-order valence-electron chi connectivity index (χ0n) is 11.2. The lowest BCUT2D eigenvalue weighted by atomic mass is 10.1. The fraction of sp³-hybridized carbons (Fsp3) is 0.133. The van der Waals surface area contributed by atoms with Crippen LogP contribution < -0.4 is 11.3 Å². The number of fused-ring (bicyclic) bond motifs is 1. The van der Waals surface area contributed by atoms with Crippen molar-refractivity contribution in [1.82, 2.24) is 10.4 Å². The average Bonchev–Trinajstić information content (AvgIpc) is 2.84. The topological polar surface area (TPSA) is 64.1 Å². The van der Waals surface area contributed by atoms with Crippen molar-refractivity contribution in [3.8, 4) is 0 Å². The summed E-state index contributed by atoms with van der Waals surface area (Å²) in [5.41, 5.74) is 5.21. The van der Waals surface area contributed by atoms with Crippen LogP contribution in [-0.2, 0) is 0 Å². The van der Waals surface area contributed by atoms with E-state index < -0.39 is 6.04 Å². The van der Waals surface area contributed by atoms with Crippen molar-refractivity contribution in [3.63, 3.8) is 0 Å². The maximum atomic E-state index is 6.19. The van der Waals surface area contributed by atoms with Gasteiger partial charge in [-0.25, -0.2) is 5.43 Å². The van der Waals surface area contributed by atoms with Gasteiger partial charge >= 0.3 is 0 Å². The fourth-order valence-corrected chi connectivity index (χ4v) is 2.75. The predicted molar refractivity (Wildman–Crippen MR) is 84.4 cm³/mol. The first kappa shape index (κ1) is 14.4. The van der Waals surface area contributed by atoms with E-state index in [9.17, 15) is 0 Å². The Hall–Kier alpha value is -1.59. The number of hydrazine groups is 1. The van der Waals surface area contributed by atoms with Crippen molar-refractivity contribution in [2.75, 3.05) is 0 Å². The molecular weight excluding hydrogens is 309 g/mol. The highest BCUT2D eigenvalue weighted by atomic mass is 35.5. The zero-order chi connectivity index (χ0) is 15.0. The summed E-state index contributed by atoms with van der Waals surface area (Å²) in [5.74, 6) is 6.30. The number of hydrogen-bond donors (Lipinski definition) is 2. The molecule has 6 heteroatoms. The molecule has 1 atom stereocenters. The number of nitrogens with zero attached hydrogens (tertiary/aromatic N) is 1. The molecule has 0 amide bonds. The minimum Gasteiger partial charge on any atom is -0.459 e. The zero-order valence-corrected chi connectivity index (χ0v) is 12.7. The van der Waals surface area contributed by atoms with E-state index in [4.69, 9.17) is 33.5 Å². The van der Waals surface area contributed by atoms with Gasteiger partial charge in [-0.1, -0.05) is 34.8 Å². The second-order valence-electron chi connectivity index (χ2n) is 4.81. The highest BCUT2D eigenvalue weighted by Crippen LogP contribution is 2.31. The van der Waals surface area contributed by atoms with Gasteiger partial charge in [0.1, 0.15) is 17.4 Å². The van der Waals surface area contributed by atoms with E-state index in [1.165, 1.54) is 6.20 Å². The van der Waals surface area contributed by atoms with Gasteiger partial charge in [0.25, 0.3) is 0 Å². The minimum absolute atomic E-state index is 0.432. The summed E-state index contributed by atoms with van der Waals surface area (Å²) in [5, 5.41) is 1.91. The Balaban J connectivity index is 2.09. The maximum absolute atomic E-state index is 6.19. The molecule has 3 N–H and O–H groups in total. The van der Waals surface area contributed by atoms with Crippen LogP contribution in [0.4, 0.5) is 0 Å². The van der Waals surface area contributed by atoms with Gasteiger partial charge in [0.2, 0.25) is 0 Å². The summed E-state index contributed by atoms with van der Waals surface area (Å²) < 4.78 is 5.84. The Labute approximate surface area is 131 Å². The van der Waals surface area contributed by atoms with Crippen molar-refractivity contribution < 1.29 is 4.42 Å². The molecule has 3 aromatic rings. The van der Waals surface area contributed by atoms with Crippen LogP contribution in [0.3, 0.4) is 0 Å². The molecule has 1 aromatic carbocycles. The highest BCUT2D eigenvalue weighted by Gasteiger charge is 2.21. The third-order valence-corrected chi connectivity index (χ3v) is 3.76. The first-order valence-corrected chi connectivity index (χ1v) is 7.11. The second-order valence-corrected chi connectivity index (χ2v) is 5.65. The number of benzene rings is 1. The molecule has 0 aliphatic rings. The lowest BCUT2D eigenvalue weighted by molar-refractivity contribution is 0.471. The van der Waals surface area contributed by atoms with E-state index in [-0.39, 0.29) is 0 Å². The molecule has 2 heterocycles. The number of aryl methyl sites for hydroxylation is 1. The molecule has 3 rings (SSSR count). The van der Waals surface area contributed by atoms with Crippen LogP contribution in [0, 0.1) is 6.92 Å². The summed E-state index contributed by atoms with van der Waals surface area (Å²) in [4.78, 5) is 4.25. The molecule has 21 heavy (non-hydrogen) atoms. The number of pyridine rings is 1. The fourth-order valence-electron chi connectivity index (χ4n) is 2.26. The lowest BCUT2D eigenvalue weighted by Crippen LogP contribution is -2.29. The van der Waals surface area contributed by atoms with Gasteiger partial charge in [0.05, 0.1) is 15.7 Å². The quantitative estimate of drug-likeness (QED) is 0.565. The molecule has 0 spiro atoms. The molecule has 0 fully saturated rings. The number of hydrogen-bond acceptors (Lipinski definition) is 4. The van der Waals surface area contributed by atoms with E-state index >= 15 is 0 Å². The Kier molecular flexibility index (Phi) is 3.87.